The molecule has 1 N–H and O–H groups in total. The molecule has 1 unspecified atom stereocenters. The molecule has 118 valence electrons. The third kappa shape index (κ3) is 4.23. The second-order valence-electron chi connectivity index (χ2n) is 6.61. The van der Waals surface area contributed by atoms with E-state index in [0.717, 1.165) is 11.7 Å². The Hall–Kier alpha value is -1.02. The lowest BCUT2D eigenvalue weighted by atomic mass is 9.84. The molecule has 1 aromatic rings. The lowest BCUT2D eigenvalue weighted by molar-refractivity contribution is 0.317. The van der Waals surface area contributed by atoms with Crippen LogP contribution in [0.1, 0.15) is 67.7 Å². The maximum absolute atomic E-state index is 5.48. The molecule has 1 aromatic carbocycles. The van der Waals surface area contributed by atoms with Gasteiger partial charge in [-0.05, 0) is 56.3 Å². The van der Waals surface area contributed by atoms with Crippen LogP contribution in [0.3, 0.4) is 0 Å². The van der Waals surface area contributed by atoms with E-state index in [1.54, 1.807) is 7.11 Å². The normalized spacial score (nSPS) is 17.7. The van der Waals surface area contributed by atoms with Gasteiger partial charge in [0.05, 0.1) is 7.11 Å². The molecule has 1 aliphatic carbocycles. The fourth-order valence-corrected chi connectivity index (χ4v) is 3.86. The van der Waals surface area contributed by atoms with E-state index in [9.17, 15) is 0 Å². The van der Waals surface area contributed by atoms with Gasteiger partial charge in [0.25, 0.3) is 0 Å². The minimum Gasteiger partial charge on any atom is -0.496 e. The van der Waals surface area contributed by atoms with Crippen LogP contribution < -0.4 is 10.1 Å². The van der Waals surface area contributed by atoms with Gasteiger partial charge in [0.2, 0.25) is 0 Å². The van der Waals surface area contributed by atoms with Gasteiger partial charge in [0.15, 0.2) is 0 Å². The lowest BCUT2D eigenvalue weighted by Gasteiger charge is -2.25. The number of rotatable bonds is 6. The maximum atomic E-state index is 5.48. The van der Waals surface area contributed by atoms with Crippen molar-refractivity contribution in [3.05, 3.63) is 28.8 Å². The van der Waals surface area contributed by atoms with Crippen molar-refractivity contribution in [2.24, 2.45) is 5.92 Å². The van der Waals surface area contributed by atoms with Crippen LogP contribution in [0.25, 0.3) is 0 Å². The van der Waals surface area contributed by atoms with Crippen molar-refractivity contribution >= 4 is 0 Å². The van der Waals surface area contributed by atoms with E-state index in [0.29, 0.717) is 6.04 Å². The molecule has 2 nitrogen and oxygen atoms in total. The first kappa shape index (κ1) is 16.4. The summed E-state index contributed by atoms with van der Waals surface area (Å²) in [6, 6.07) is 5.04. The summed E-state index contributed by atoms with van der Waals surface area (Å²) in [7, 11) is 3.84. The number of hydrogen-bond acceptors (Lipinski definition) is 2. The van der Waals surface area contributed by atoms with Gasteiger partial charge in [0.1, 0.15) is 5.75 Å². The van der Waals surface area contributed by atoms with E-state index in [-0.39, 0.29) is 0 Å². The molecule has 0 heterocycles. The molecule has 0 aromatic heterocycles. The molecule has 1 fully saturated rings. The maximum Gasteiger partial charge on any atom is 0.124 e. The highest BCUT2D eigenvalue weighted by Crippen LogP contribution is 2.32. The van der Waals surface area contributed by atoms with Crippen LogP contribution in [0.2, 0.25) is 0 Å². The Balaban J connectivity index is 2.03. The third-order valence-corrected chi connectivity index (χ3v) is 5.03. The van der Waals surface area contributed by atoms with Crippen molar-refractivity contribution in [2.75, 3.05) is 14.2 Å². The summed E-state index contributed by atoms with van der Waals surface area (Å²) in [4.78, 5) is 0. The second-order valence-corrected chi connectivity index (χ2v) is 6.61. The molecule has 2 rings (SSSR count). The summed E-state index contributed by atoms with van der Waals surface area (Å²) < 4.78 is 5.48. The molecule has 21 heavy (non-hydrogen) atoms. The molecule has 1 saturated carbocycles. The van der Waals surface area contributed by atoms with Crippen molar-refractivity contribution in [3.8, 4) is 5.75 Å². The van der Waals surface area contributed by atoms with Crippen LogP contribution in [0.5, 0.6) is 5.75 Å². The Morgan fingerprint density at radius 2 is 1.76 bits per heavy atom. The third-order valence-electron chi connectivity index (χ3n) is 5.03. The number of aryl methyl sites for hydroxylation is 2. The smallest absolute Gasteiger partial charge is 0.124 e. The summed E-state index contributed by atoms with van der Waals surface area (Å²) in [5, 5.41) is 3.51. The number of methoxy groups -OCH3 is 1. The summed E-state index contributed by atoms with van der Waals surface area (Å²) in [5.74, 6) is 1.98. The van der Waals surface area contributed by atoms with Crippen molar-refractivity contribution in [2.45, 2.75) is 64.8 Å². The van der Waals surface area contributed by atoms with Gasteiger partial charge in [-0.15, -0.1) is 0 Å². The molecule has 2 heteroatoms. The molecule has 0 spiro atoms. The molecule has 0 aliphatic heterocycles. The monoisotopic (exact) mass is 289 g/mol. The zero-order chi connectivity index (χ0) is 15.2. The van der Waals surface area contributed by atoms with E-state index in [1.807, 2.05) is 0 Å². The Bertz CT molecular complexity index is 426. The summed E-state index contributed by atoms with van der Waals surface area (Å²) in [6.07, 6.45) is 9.81. The highest BCUT2D eigenvalue weighted by Gasteiger charge is 2.17. The van der Waals surface area contributed by atoms with Gasteiger partial charge in [0, 0.05) is 6.04 Å². The number of hydrogen-bond donors (Lipinski definition) is 1. The van der Waals surface area contributed by atoms with Crippen LogP contribution in [0.4, 0.5) is 0 Å². The van der Waals surface area contributed by atoms with Gasteiger partial charge >= 0.3 is 0 Å². The Kier molecular flexibility index (Phi) is 6.10. The first-order valence-corrected chi connectivity index (χ1v) is 8.48. The highest BCUT2D eigenvalue weighted by molar-refractivity contribution is 5.44. The average molecular weight is 289 g/mol. The Morgan fingerprint density at radius 3 is 2.29 bits per heavy atom. The predicted molar refractivity (Wildman–Crippen MR) is 90.1 cm³/mol. The molecule has 0 saturated heterocycles. The highest BCUT2D eigenvalue weighted by atomic mass is 16.5. The van der Waals surface area contributed by atoms with Gasteiger partial charge in [-0.1, -0.05) is 44.2 Å². The summed E-state index contributed by atoms with van der Waals surface area (Å²) in [6.45, 7) is 4.28. The Labute approximate surface area is 130 Å². The van der Waals surface area contributed by atoms with Crippen LogP contribution in [0, 0.1) is 19.8 Å². The van der Waals surface area contributed by atoms with Crippen LogP contribution in [0.15, 0.2) is 12.1 Å². The lowest BCUT2D eigenvalue weighted by Crippen LogP contribution is -2.18. The van der Waals surface area contributed by atoms with Crippen molar-refractivity contribution in [1.82, 2.24) is 5.32 Å². The van der Waals surface area contributed by atoms with E-state index in [2.05, 4.69) is 38.3 Å². The largest absolute Gasteiger partial charge is 0.496 e. The molecule has 1 aliphatic rings. The second kappa shape index (κ2) is 7.84. The molecule has 0 bridgehead atoms. The number of benzene rings is 1. The van der Waals surface area contributed by atoms with Crippen LogP contribution in [-0.2, 0) is 0 Å². The van der Waals surface area contributed by atoms with Crippen molar-refractivity contribution in [3.63, 3.8) is 0 Å². The molecule has 0 amide bonds. The summed E-state index contributed by atoms with van der Waals surface area (Å²) in [5.41, 5.74) is 3.89. The van der Waals surface area contributed by atoms with Gasteiger partial charge in [-0.3, -0.25) is 0 Å². The van der Waals surface area contributed by atoms with Gasteiger partial charge in [-0.25, -0.2) is 0 Å². The zero-order valence-corrected chi connectivity index (χ0v) is 14.2. The van der Waals surface area contributed by atoms with E-state index < -0.39 is 0 Å². The number of ether oxygens (including phenoxy) is 1. The van der Waals surface area contributed by atoms with Crippen LogP contribution in [-0.4, -0.2) is 14.2 Å². The van der Waals surface area contributed by atoms with Gasteiger partial charge < -0.3 is 10.1 Å². The molecular formula is C19H31NO. The fourth-order valence-electron chi connectivity index (χ4n) is 3.86. The topological polar surface area (TPSA) is 21.3 Å². The zero-order valence-electron chi connectivity index (χ0n) is 14.2. The van der Waals surface area contributed by atoms with E-state index in [1.165, 1.54) is 61.6 Å². The van der Waals surface area contributed by atoms with Crippen molar-refractivity contribution < 1.29 is 4.74 Å². The average Bonchev–Trinajstić information content (AvgIpc) is 2.49. The molecular weight excluding hydrogens is 258 g/mol. The van der Waals surface area contributed by atoms with E-state index in [4.69, 9.17) is 4.74 Å². The quantitative estimate of drug-likeness (QED) is 0.801. The first-order valence-electron chi connectivity index (χ1n) is 8.48. The SMILES string of the molecule is CNC(CCC1CCCCC1)c1cc(C)c(OC)c(C)c1. The minimum atomic E-state index is 0.468. The van der Waals surface area contributed by atoms with Crippen LogP contribution >= 0.6 is 0 Å². The molecule has 0 radical (unpaired) electrons. The minimum absolute atomic E-state index is 0.468. The standard InChI is InChI=1S/C19H31NO/c1-14-12-17(13-15(2)19(14)21-4)18(20-3)11-10-16-8-6-5-7-9-16/h12-13,16,18,20H,5-11H2,1-4H3. The Morgan fingerprint density at radius 1 is 1.14 bits per heavy atom. The predicted octanol–water partition coefficient (Wildman–Crippen LogP) is 4.93. The summed E-state index contributed by atoms with van der Waals surface area (Å²) >= 11 is 0. The fraction of sp³-hybridized carbons (Fsp3) is 0.684. The van der Waals surface area contributed by atoms with Gasteiger partial charge in [-0.2, -0.15) is 0 Å². The molecule has 1 atom stereocenters. The first-order chi connectivity index (χ1) is 10.2. The number of nitrogens with one attached hydrogen (secondary N) is 1. The van der Waals surface area contributed by atoms with E-state index >= 15 is 0 Å². The van der Waals surface area contributed by atoms with Crippen molar-refractivity contribution in [1.29, 1.82) is 0 Å².